The fourth-order valence-electron chi connectivity index (χ4n) is 2.71. The Morgan fingerprint density at radius 3 is 2.47 bits per heavy atom. The van der Waals surface area contributed by atoms with Crippen molar-refractivity contribution >= 4 is 17.9 Å². The molecule has 2 aromatic heterocycles. The lowest BCUT2D eigenvalue weighted by molar-refractivity contribution is -0.118. The van der Waals surface area contributed by atoms with Crippen molar-refractivity contribution < 1.29 is 18.8 Å². The Morgan fingerprint density at radius 2 is 1.80 bits per heavy atom. The number of aromatic nitrogens is 2. The lowest BCUT2D eigenvalue weighted by atomic mass is 10.1. The molecule has 3 rings (SSSR count). The topological polar surface area (TPSA) is 106 Å². The Morgan fingerprint density at radius 1 is 1.10 bits per heavy atom. The minimum atomic E-state index is -0.864. The molecule has 0 saturated carbocycles. The van der Waals surface area contributed by atoms with Gasteiger partial charge in [0.2, 0.25) is 11.8 Å². The summed E-state index contributed by atoms with van der Waals surface area (Å²) in [5.41, 5.74) is 1.58. The Balaban J connectivity index is 1.72. The fraction of sp³-hybridized carbons (Fsp3) is 0.273. The fourth-order valence-corrected chi connectivity index (χ4v) is 2.71. The predicted octanol–water partition coefficient (Wildman–Crippen LogP) is 3.81. The van der Waals surface area contributed by atoms with Gasteiger partial charge in [0.25, 0.3) is 0 Å². The Labute approximate surface area is 174 Å². The summed E-state index contributed by atoms with van der Waals surface area (Å²) in [4.78, 5) is 29.1. The monoisotopic (exact) mass is 408 g/mol. The summed E-state index contributed by atoms with van der Waals surface area (Å²) in [6.45, 7) is 5.27. The Bertz CT molecular complexity index is 981. The lowest BCUT2D eigenvalue weighted by Gasteiger charge is -2.23. The summed E-state index contributed by atoms with van der Waals surface area (Å²) in [5, 5.41) is 9.27. The molecule has 1 atom stereocenters. The van der Waals surface area contributed by atoms with Crippen LogP contribution >= 0.6 is 0 Å². The number of hydrogen-bond donors (Lipinski definition) is 2. The average Bonchev–Trinajstić information content (AvgIpc) is 3.16. The maximum Gasteiger partial charge on any atom is 0.408 e. The number of carbonyl (C=O) groups excluding carboxylic acids is 2. The van der Waals surface area contributed by atoms with Crippen molar-refractivity contribution in [3.63, 3.8) is 0 Å². The van der Waals surface area contributed by atoms with Gasteiger partial charge in [-0.05, 0) is 38.5 Å². The first-order chi connectivity index (χ1) is 14.3. The standard InChI is InChI=1S/C22H24N4O4/c1-22(2,3)29-21(28)24-18(13-15-7-5-4-6-8-15)20(27)25-19-14-17(26-30-19)16-9-11-23-12-10-16/h4-12,14,18H,13H2,1-3H3,(H,24,28)(H,25,27). The zero-order chi connectivity index (χ0) is 21.6. The van der Waals surface area contributed by atoms with Crippen molar-refractivity contribution in [3.8, 4) is 11.3 Å². The third kappa shape index (κ3) is 6.16. The maximum absolute atomic E-state index is 12.9. The molecule has 2 amide bonds. The van der Waals surface area contributed by atoms with Crippen LogP contribution in [0.4, 0.5) is 10.7 Å². The van der Waals surface area contributed by atoms with Gasteiger partial charge in [-0.25, -0.2) is 4.79 Å². The van der Waals surface area contributed by atoms with Crippen LogP contribution in [-0.2, 0) is 16.0 Å². The predicted molar refractivity (Wildman–Crippen MR) is 112 cm³/mol. The molecule has 0 saturated heterocycles. The summed E-state index contributed by atoms with van der Waals surface area (Å²) >= 11 is 0. The van der Waals surface area contributed by atoms with E-state index in [4.69, 9.17) is 9.26 Å². The molecule has 2 N–H and O–H groups in total. The molecule has 0 aliphatic heterocycles. The van der Waals surface area contributed by atoms with Crippen molar-refractivity contribution in [3.05, 3.63) is 66.5 Å². The number of hydrogen-bond acceptors (Lipinski definition) is 6. The minimum Gasteiger partial charge on any atom is -0.444 e. The number of amides is 2. The van der Waals surface area contributed by atoms with Crippen LogP contribution in [0.15, 0.2) is 65.4 Å². The quantitative estimate of drug-likeness (QED) is 0.642. The van der Waals surface area contributed by atoms with Crippen molar-refractivity contribution in [2.45, 2.75) is 38.8 Å². The molecule has 0 radical (unpaired) electrons. The zero-order valence-corrected chi connectivity index (χ0v) is 17.1. The van der Waals surface area contributed by atoms with E-state index in [1.165, 1.54) is 0 Å². The van der Waals surface area contributed by atoms with Crippen molar-refractivity contribution in [1.29, 1.82) is 0 Å². The molecule has 2 heterocycles. The van der Waals surface area contributed by atoms with E-state index in [0.29, 0.717) is 5.69 Å². The van der Waals surface area contributed by atoms with Crippen molar-refractivity contribution in [2.24, 2.45) is 0 Å². The van der Waals surface area contributed by atoms with Gasteiger partial charge in [-0.1, -0.05) is 35.5 Å². The first kappa shape index (κ1) is 21.0. The molecule has 8 heteroatoms. The molecular formula is C22H24N4O4. The van der Waals surface area contributed by atoms with Crippen LogP contribution in [0.5, 0.6) is 0 Å². The molecule has 0 spiro atoms. The van der Waals surface area contributed by atoms with Crippen LogP contribution in [0.1, 0.15) is 26.3 Å². The molecule has 0 bridgehead atoms. The van der Waals surface area contributed by atoms with E-state index in [0.717, 1.165) is 11.1 Å². The van der Waals surface area contributed by atoms with Crippen LogP contribution in [0.3, 0.4) is 0 Å². The number of pyridine rings is 1. The summed E-state index contributed by atoms with van der Waals surface area (Å²) in [7, 11) is 0. The maximum atomic E-state index is 12.9. The largest absolute Gasteiger partial charge is 0.444 e. The number of benzene rings is 1. The molecule has 156 valence electrons. The molecular weight excluding hydrogens is 384 g/mol. The summed E-state index contributed by atoms with van der Waals surface area (Å²) in [6, 6.07) is 13.7. The van der Waals surface area contributed by atoms with E-state index in [1.54, 1.807) is 51.4 Å². The average molecular weight is 408 g/mol. The van der Waals surface area contributed by atoms with Gasteiger partial charge >= 0.3 is 6.09 Å². The van der Waals surface area contributed by atoms with E-state index in [1.807, 2.05) is 30.3 Å². The molecule has 30 heavy (non-hydrogen) atoms. The molecule has 3 aromatic rings. The highest BCUT2D eigenvalue weighted by Crippen LogP contribution is 2.21. The number of carbonyl (C=O) groups is 2. The number of anilines is 1. The van der Waals surface area contributed by atoms with E-state index >= 15 is 0 Å². The van der Waals surface area contributed by atoms with Gasteiger partial charge in [0.1, 0.15) is 17.3 Å². The van der Waals surface area contributed by atoms with E-state index in [2.05, 4.69) is 20.8 Å². The second-order valence-electron chi connectivity index (χ2n) is 7.69. The van der Waals surface area contributed by atoms with Gasteiger partial charge < -0.3 is 14.6 Å². The van der Waals surface area contributed by atoms with Crippen molar-refractivity contribution in [2.75, 3.05) is 5.32 Å². The van der Waals surface area contributed by atoms with Gasteiger partial charge in [-0.15, -0.1) is 0 Å². The Kier molecular flexibility index (Phi) is 6.46. The second-order valence-corrected chi connectivity index (χ2v) is 7.69. The number of alkyl carbamates (subject to hydrolysis) is 1. The third-order valence-corrected chi connectivity index (χ3v) is 4.02. The summed E-state index contributed by atoms with van der Waals surface area (Å²) < 4.78 is 10.5. The highest BCUT2D eigenvalue weighted by molar-refractivity contribution is 5.96. The first-order valence-corrected chi connectivity index (χ1v) is 9.51. The number of rotatable bonds is 6. The SMILES string of the molecule is CC(C)(C)OC(=O)NC(Cc1ccccc1)C(=O)Nc1cc(-c2ccncc2)no1. The van der Waals surface area contributed by atoms with Crippen molar-refractivity contribution in [1.82, 2.24) is 15.5 Å². The van der Waals surface area contributed by atoms with Gasteiger partial charge in [0, 0.05) is 30.4 Å². The van der Waals surface area contributed by atoms with E-state index < -0.39 is 23.6 Å². The molecule has 1 aromatic carbocycles. The van der Waals surface area contributed by atoms with Gasteiger partial charge in [-0.3, -0.25) is 15.1 Å². The minimum absolute atomic E-state index is 0.177. The smallest absolute Gasteiger partial charge is 0.408 e. The zero-order valence-electron chi connectivity index (χ0n) is 17.1. The normalized spacial score (nSPS) is 12.1. The number of nitrogens with zero attached hydrogens (tertiary/aromatic N) is 2. The van der Waals surface area contributed by atoms with E-state index in [9.17, 15) is 9.59 Å². The third-order valence-electron chi connectivity index (χ3n) is 4.02. The van der Waals surface area contributed by atoms with Crippen LogP contribution in [-0.4, -0.2) is 33.8 Å². The van der Waals surface area contributed by atoms with Crippen LogP contribution in [0.25, 0.3) is 11.3 Å². The molecule has 0 aliphatic carbocycles. The van der Waals surface area contributed by atoms with Gasteiger partial charge in [0.15, 0.2) is 0 Å². The van der Waals surface area contributed by atoms with E-state index in [-0.39, 0.29) is 12.3 Å². The summed E-state index contributed by atoms with van der Waals surface area (Å²) in [6.07, 6.45) is 2.90. The number of nitrogens with one attached hydrogen (secondary N) is 2. The lowest BCUT2D eigenvalue weighted by Crippen LogP contribution is -2.47. The van der Waals surface area contributed by atoms with Gasteiger partial charge in [-0.2, -0.15) is 0 Å². The van der Waals surface area contributed by atoms with Gasteiger partial charge in [0.05, 0.1) is 0 Å². The highest BCUT2D eigenvalue weighted by atomic mass is 16.6. The van der Waals surface area contributed by atoms with Crippen LogP contribution < -0.4 is 10.6 Å². The number of ether oxygens (including phenoxy) is 1. The molecule has 1 unspecified atom stereocenters. The second kappa shape index (κ2) is 9.21. The van der Waals surface area contributed by atoms with Crippen LogP contribution in [0.2, 0.25) is 0 Å². The molecule has 0 fully saturated rings. The van der Waals surface area contributed by atoms with Crippen LogP contribution in [0, 0.1) is 0 Å². The highest BCUT2D eigenvalue weighted by Gasteiger charge is 2.25. The Hall–Kier alpha value is -3.68. The molecule has 8 nitrogen and oxygen atoms in total. The summed E-state index contributed by atoms with van der Waals surface area (Å²) in [5.74, 6) is -0.266. The first-order valence-electron chi connectivity index (χ1n) is 9.51. The molecule has 0 aliphatic rings.